The van der Waals surface area contributed by atoms with Gasteiger partial charge in [0.2, 0.25) is 5.82 Å². The summed E-state index contributed by atoms with van der Waals surface area (Å²) in [5.41, 5.74) is 0. The van der Waals surface area contributed by atoms with Gasteiger partial charge in [-0.3, -0.25) is 0 Å². The molecule has 0 aliphatic carbocycles. The minimum absolute atomic E-state index is 2.49. The van der Waals surface area contributed by atoms with E-state index in [1.54, 1.807) is 0 Å². The Bertz CT molecular complexity index is 494. The van der Waals surface area contributed by atoms with Crippen molar-refractivity contribution in [2.45, 2.75) is 4.90 Å². The van der Waals surface area contributed by atoms with Gasteiger partial charge in [-0.15, -0.1) is 3.89 Å². The molecule has 0 unspecified atom stereocenters. The molecule has 2 nitrogen and oxygen atoms in total. The summed E-state index contributed by atoms with van der Waals surface area (Å²) in [6.07, 6.45) is 0. The Labute approximate surface area is 79.3 Å². The third kappa shape index (κ3) is 1.78. The van der Waals surface area contributed by atoms with Crippen LogP contribution in [0.1, 0.15) is 0 Å². The molecule has 0 saturated heterocycles. The van der Waals surface area contributed by atoms with Crippen molar-refractivity contribution in [2.75, 3.05) is 0 Å². The third-order valence-corrected chi connectivity index (χ3v) is 2.26. The molecule has 0 saturated carbocycles. The van der Waals surface area contributed by atoms with Crippen LogP contribution in [0.3, 0.4) is 0 Å². The van der Waals surface area contributed by atoms with Crippen LogP contribution in [0.2, 0.25) is 0 Å². The van der Waals surface area contributed by atoms with E-state index < -0.39 is 44.2 Å². The molecule has 84 valence electrons. The number of rotatable bonds is 1. The van der Waals surface area contributed by atoms with Gasteiger partial charge < -0.3 is 0 Å². The van der Waals surface area contributed by atoms with Gasteiger partial charge in [0.25, 0.3) is 0 Å². The Hall–Kier alpha value is -1.25. The highest BCUT2D eigenvalue weighted by atomic mass is 32.3. The van der Waals surface area contributed by atoms with Crippen LogP contribution in [0, 0.1) is 29.1 Å². The lowest BCUT2D eigenvalue weighted by Crippen LogP contribution is -2.09. The van der Waals surface area contributed by atoms with Gasteiger partial charge in [0, 0.05) is 0 Å². The molecule has 9 heteroatoms. The van der Waals surface area contributed by atoms with Gasteiger partial charge in [0.15, 0.2) is 28.2 Å². The minimum atomic E-state index is -6.02. The molecule has 1 aromatic carbocycles. The summed E-state index contributed by atoms with van der Waals surface area (Å²) in [6, 6.07) is 0. The van der Waals surface area contributed by atoms with Crippen molar-refractivity contribution >= 4 is 10.2 Å². The molecular weight excluding hydrogens is 250 g/mol. The summed E-state index contributed by atoms with van der Waals surface area (Å²) < 4.78 is 94.5. The second-order valence-electron chi connectivity index (χ2n) is 2.34. The largest absolute Gasteiger partial charge is 0.338 e. The molecule has 0 aliphatic rings. The van der Waals surface area contributed by atoms with Crippen molar-refractivity contribution in [3.63, 3.8) is 0 Å². The average Bonchev–Trinajstić information content (AvgIpc) is 2.09. The van der Waals surface area contributed by atoms with Crippen molar-refractivity contribution < 1.29 is 34.3 Å². The number of benzene rings is 1. The van der Waals surface area contributed by atoms with E-state index in [2.05, 4.69) is 0 Å². The predicted octanol–water partition coefficient (Wildman–Crippen LogP) is 2.04. The van der Waals surface area contributed by atoms with Crippen molar-refractivity contribution in [1.29, 1.82) is 0 Å². The van der Waals surface area contributed by atoms with Crippen LogP contribution in [0.5, 0.6) is 0 Å². The lowest BCUT2D eigenvalue weighted by atomic mass is 10.3. The normalized spacial score (nSPS) is 11.9. The molecule has 0 aromatic heterocycles. The Kier molecular flexibility index (Phi) is 2.68. The fourth-order valence-electron chi connectivity index (χ4n) is 0.799. The van der Waals surface area contributed by atoms with Crippen LogP contribution < -0.4 is 0 Å². The van der Waals surface area contributed by atoms with Gasteiger partial charge in [-0.05, 0) is 0 Å². The second-order valence-corrected chi connectivity index (χ2v) is 3.62. The molecule has 0 bridgehead atoms. The molecule has 0 fully saturated rings. The van der Waals surface area contributed by atoms with Crippen LogP contribution in [0.15, 0.2) is 4.90 Å². The quantitative estimate of drug-likeness (QED) is 0.331. The van der Waals surface area contributed by atoms with Crippen molar-refractivity contribution in [2.24, 2.45) is 0 Å². The number of halogens is 6. The van der Waals surface area contributed by atoms with Crippen LogP contribution in [0.4, 0.5) is 25.8 Å². The first-order valence-corrected chi connectivity index (χ1v) is 4.52. The molecule has 0 amide bonds. The van der Waals surface area contributed by atoms with E-state index in [4.69, 9.17) is 0 Å². The van der Waals surface area contributed by atoms with Crippen molar-refractivity contribution in [3.8, 4) is 0 Å². The Balaban J connectivity index is 3.84. The van der Waals surface area contributed by atoms with Crippen molar-refractivity contribution in [1.82, 2.24) is 0 Å². The monoisotopic (exact) mass is 250 g/mol. The van der Waals surface area contributed by atoms with Crippen LogP contribution in [0.25, 0.3) is 0 Å². The van der Waals surface area contributed by atoms with E-state index in [0.717, 1.165) is 0 Å². The van der Waals surface area contributed by atoms with Gasteiger partial charge in [-0.1, -0.05) is 0 Å². The zero-order valence-electron chi connectivity index (χ0n) is 6.49. The first-order valence-electron chi connectivity index (χ1n) is 3.14. The molecule has 0 spiro atoms. The first kappa shape index (κ1) is 11.8. The fourth-order valence-corrected chi connectivity index (χ4v) is 1.41. The highest BCUT2D eigenvalue weighted by molar-refractivity contribution is 7.86. The van der Waals surface area contributed by atoms with Gasteiger partial charge in [-0.25, -0.2) is 22.0 Å². The van der Waals surface area contributed by atoms with Gasteiger partial charge in [0.1, 0.15) is 0 Å². The van der Waals surface area contributed by atoms with E-state index >= 15 is 0 Å². The smallest absolute Gasteiger partial charge is 0.202 e. The summed E-state index contributed by atoms with van der Waals surface area (Å²) in [6.45, 7) is 0. The molecule has 0 heterocycles. The number of hydrogen-bond acceptors (Lipinski definition) is 2. The SMILES string of the molecule is O=S(=O)(F)c1c(F)c(F)c(F)c(F)c1F. The number of hydrogen-bond donors (Lipinski definition) is 0. The maximum atomic E-state index is 12.6. The van der Waals surface area contributed by atoms with E-state index in [1.807, 2.05) is 0 Å². The van der Waals surface area contributed by atoms with Crippen LogP contribution >= 0.6 is 0 Å². The molecule has 0 radical (unpaired) electrons. The summed E-state index contributed by atoms with van der Waals surface area (Å²) >= 11 is 0. The van der Waals surface area contributed by atoms with Gasteiger partial charge in [-0.2, -0.15) is 8.42 Å². The molecule has 15 heavy (non-hydrogen) atoms. The van der Waals surface area contributed by atoms with Crippen LogP contribution in [-0.4, -0.2) is 8.42 Å². The first-order chi connectivity index (χ1) is 6.68. The zero-order chi connectivity index (χ0) is 12.0. The maximum absolute atomic E-state index is 12.6. The standard InChI is InChI=1S/C6F6O2S/c7-1-2(8)4(10)6(15(12,13)14)5(11)3(1)9. The Morgan fingerprint density at radius 2 is 0.933 bits per heavy atom. The molecule has 0 aliphatic heterocycles. The maximum Gasteiger partial charge on any atom is 0.338 e. The fraction of sp³-hybridized carbons (Fsp3) is 0. The molecule has 0 N–H and O–H groups in total. The Morgan fingerprint density at radius 1 is 0.667 bits per heavy atom. The summed E-state index contributed by atoms with van der Waals surface area (Å²) in [4.78, 5) is -2.49. The van der Waals surface area contributed by atoms with Gasteiger partial charge in [0.05, 0.1) is 0 Å². The van der Waals surface area contributed by atoms with E-state index in [9.17, 15) is 34.3 Å². The third-order valence-electron chi connectivity index (χ3n) is 1.41. The summed E-state index contributed by atoms with van der Waals surface area (Å²) in [5, 5.41) is 0. The predicted molar refractivity (Wildman–Crippen MR) is 34.5 cm³/mol. The molecule has 1 rings (SSSR count). The molecular formula is C6F6O2S. The highest BCUT2D eigenvalue weighted by Gasteiger charge is 2.33. The van der Waals surface area contributed by atoms with Crippen molar-refractivity contribution in [3.05, 3.63) is 29.1 Å². The molecule has 0 atom stereocenters. The topological polar surface area (TPSA) is 34.1 Å². The van der Waals surface area contributed by atoms with E-state index in [0.29, 0.717) is 0 Å². The highest BCUT2D eigenvalue weighted by Crippen LogP contribution is 2.27. The summed E-state index contributed by atoms with van der Waals surface area (Å²) in [7, 11) is -6.02. The lowest BCUT2D eigenvalue weighted by molar-refractivity contribution is 0.355. The zero-order valence-corrected chi connectivity index (χ0v) is 7.31. The van der Waals surface area contributed by atoms with Crippen LogP contribution in [-0.2, 0) is 10.2 Å². The molecule has 1 aromatic rings. The van der Waals surface area contributed by atoms with Gasteiger partial charge >= 0.3 is 10.2 Å². The average molecular weight is 250 g/mol. The summed E-state index contributed by atoms with van der Waals surface area (Å²) in [5.74, 6) is -13.1. The van der Waals surface area contributed by atoms with E-state index in [-0.39, 0.29) is 0 Å². The Morgan fingerprint density at radius 3 is 1.20 bits per heavy atom. The lowest BCUT2D eigenvalue weighted by Gasteiger charge is -2.03. The second kappa shape index (κ2) is 3.40. The minimum Gasteiger partial charge on any atom is -0.202 e. The van der Waals surface area contributed by atoms with E-state index in [1.165, 1.54) is 0 Å².